The summed E-state index contributed by atoms with van der Waals surface area (Å²) in [7, 11) is 9.38. The number of ether oxygens (including phenoxy) is 2. The van der Waals surface area contributed by atoms with E-state index in [9.17, 15) is 14.7 Å². The molecule has 2 aliphatic carbocycles. The number of aliphatic carboxylic acids is 1. The average molecular weight is 485 g/mol. The number of hydrazine groups is 1. The van der Waals surface area contributed by atoms with Crippen molar-refractivity contribution in [3.05, 3.63) is 29.2 Å². The number of likely N-dealkylation sites (N-methyl/N-ethyl adjacent to an activating group) is 1. The molecule has 3 rings (SSSR count). The lowest BCUT2D eigenvalue weighted by Gasteiger charge is -2.35. The predicted molar refractivity (Wildman–Crippen MR) is 132 cm³/mol. The summed E-state index contributed by atoms with van der Waals surface area (Å²) in [5, 5.41) is 9.46. The molecule has 0 spiro atoms. The maximum absolute atomic E-state index is 12.4. The average Bonchev–Trinajstić information content (AvgIpc) is 2.77. The highest BCUT2D eigenvalue weighted by molar-refractivity contribution is 6.26. The third-order valence-corrected chi connectivity index (χ3v) is 6.91. The van der Waals surface area contributed by atoms with Gasteiger partial charge in [0, 0.05) is 26.0 Å². The minimum absolute atomic E-state index is 0.0957. The van der Waals surface area contributed by atoms with Gasteiger partial charge in [0.05, 0.1) is 36.7 Å². The third-order valence-electron chi connectivity index (χ3n) is 6.91. The SMILES string of the molecule is [B]C1(C(=O)O)CCCC(Oc2ccc(/C(N)=C(\COC(=O)N(C)CC3CCC3)N(C)N)nc2C)C1. The smallest absolute Gasteiger partial charge is 0.409 e. The van der Waals surface area contributed by atoms with Crippen LogP contribution in [0.15, 0.2) is 17.8 Å². The molecule has 1 aromatic heterocycles. The molecule has 0 saturated heterocycles. The number of carboxylic acids is 1. The van der Waals surface area contributed by atoms with Gasteiger partial charge in [0.1, 0.15) is 12.4 Å². The minimum Gasteiger partial charge on any atom is -0.489 e. The van der Waals surface area contributed by atoms with Crippen molar-refractivity contribution in [3.8, 4) is 5.75 Å². The molecule has 0 aromatic carbocycles. The van der Waals surface area contributed by atoms with E-state index in [1.54, 1.807) is 38.1 Å². The molecule has 35 heavy (non-hydrogen) atoms. The number of nitrogens with zero attached hydrogens (tertiary/aromatic N) is 3. The second-order valence-electron chi connectivity index (χ2n) is 9.78. The molecule has 0 aliphatic heterocycles. The fourth-order valence-corrected chi connectivity index (χ4v) is 4.45. The number of amides is 1. The van der Waals surface area contributed by atoms with Crippen molar-refractivity contribution in [2.45, 2.75) is 63.3 Å². The molecule has 11 heteroatoms. The zero-order valence-corrected chi connectivity index (χ0v) is 20.8. The van der Waals surface area contributed by atoms with E-state index in [1.807, 2.05) is 0 Å². The number of aryl methyl sites for hydroxylation is 1. The Hall–Kier alpha value is -2.95. The van der Waals surface area contributed by atoms with E-state index in [0.717, 1.165) is 19.3 Å². The van der Waals surface area contributed by atoms with Crippen LogP contribution in [-0.4, -0.2) is 73.3 Å². The Morgan fingerprint density at radius 2 is 1.97 bits per heavy atom. The van der Waals surface area contributed by atoms with Crippen LogP contribution in [0.3, 0.4) is 0 Å². The number of aromatic nitrogens is 1. The van der Waals surface area contributed by atoms with E-state index in [4.69, 9.17) is 28.9 Å². The summed E-state index contributed by atoms with van der Waals surface area (Å²) < 4.78 is 11.5. The summed E-state index contributed by atoms with van der Waals surface area (Å²) in [6.07, 6.45) is 4.80. The van der Waals surface area contributed by atoms with E-state index in [1.165, 1.54) is 11.4 Å². The molecule has 2 radical (unpaired) electrons. The standard InChI is InChI=1S/C24H36BN5O5/c1-15-20(35-17-8-5-11-24(25,12-17)22(31)32)10-9-18(28-15)21(26)19(30(3)27)14-34-23(33)29(2)13-16-6-4-7-16/h9-10,16-17H,4-8,11-14,26-27H2,1-3H3,(H,31,32)/b21-19-. The molecule has 190 valence electrons. The van der Waals surface area contributed by atoms with Crippen molar-refractivity contribution >= 4 is 25.6 Å². The monoisotopic (exact) mass is 485 g/mol. The van der Waals surface area contributed by atoms with Crippen molar-refractivity contribution in [1.82, 2.24) is 14.9 Å². The van der Waals surface area contributed by atoms with Gasteiger partial charge in [0.25, 0.3) is 0 Å². The largest absolute Gasteiger partial charge is 0.489 e. The summed E-state index contributed by atoms with van der Waals surface area (Å²) in [5.74, 6) is 6.03. The quantitative estimate of drug-likeness (QED) is 0.273. The van der Waals surface area contributed by atoms with Crippen LogP contribution in [0.25, 0.3) is 5.70 Å². The van der Waals surface area contributed by atoms with Crippen LogP contribution in [0, 0.1) is 12.8 Å². The topological polar surface area (TPSA) is 144 Å². The van der Waals surface area contributed by atoms with Crippen molar-refractivity contribution in [3.63, 3.8) is 0 Å². The lowest BCUT2D eigenvalue weighted by molar-refractivity contribution is -0.142. The predicted octanol–water partition coefficient (Wildman–Crippen LogP) is 2.42. The molecular formula is C24H36BN5O5. The summed E-state index contributed by atoms with van der Waals surface area (Å²) in [4.78, 5) is 30.0. The molecule has 1 heterocycles. The van der Waals surface area contributed by atoms with Gasteiger partial charge in [0.2, 0.25) is 0 Å². The highest BCUT2D eigenvalue weighted by atomic mass is 16.6. The van der Waals surface area contributed by atoms with E-state index in [0.29, 0.717) is 48.1 Å². The maximum Gasteiger partial charge on any atom is 0.409 e. The fourth-order valence-electron chi connectivity index (χ4n) is 4.45. The van der Waals surface area contributed by atoms with Crippen LogP contribution in [0.4, 0.5) is 4.79 Å². The molecule has 2 atom stereocenters. The summed E-state index contributed by atoms with van der Waals surface area (Å²) in [6.45, 7) is 2.36. The zero-order valence-electron chi connectivity index (χ0n) is 20.8. The summed E-state index contributed by atoms with van der Waals surface area (Å²) >= 11 is 0. The van der Waals surface area contributed by atoms with Gasteiger partial charge >= 0.3 is 12.1 Å². The first-order valence-corrected chi connectivity index (χ1v) is 12.0. The van der Waals surface area contributed by atoms with E-state index < -0.39 is 17.4 Å². The number of nitrogens with two attached hydrogens (primary N) is 2. The molecule has 2 unspecified atom stereocenters. The lowest BCUT2D eigenvalue weighted by atomic mass is 9.59. The molecule has 2 saturated carbocycles. The molecule has 5 N–H and O–H groups in total. The minimum atomic E-state index is -1.28. The molecule has 0 bridgehead atoms. The van der Waals surface area contributed by atoms with Crippen molar-refractivity contribution < 1.29 is 24.2 Å². The Morgan fingerprint density at radius 1 is 1.26 bits per heavy atom. The van der Waals surface area contributed by atoms with Gasteiger partial charge in [0.15, 0.2) is 0 Å². The van der Waals surface area contributed by atoms with Gasteiger partial charge < -0.3 is 30.2 Å². The van der Waals surface area contributed by atoms with Crippen LogP contribution in [0.1, 0.15) is 56.3 Å². The molecule has 2 aliphatic rings. The number of hydrogen-bond donors (Lipinski definition) is 3. The number of hydrogen-bond acceptors (Lipinski definition) is 8. The van der Waals surface area contributed by atoms with Crippen molar-refractivity contribution in [2.24, 2.45) is 17.5 Å². The molecule has 1 amide bonds. The van der Waals surface area contributed by atoms with E-state index in [2.05, 4.69) is 4.98 Å². The summed E-state index contributed by atoms with van der Waals surface area (Å²) in [6, 6.07) is 3.44. The van der Waals surface area contributed by atoms with Gasteiger partial charge in [-0.15, -0.1) is 0 Å². The fraction of sp³-hybridized carbons (Fsp3) is 0.625. The van der Waals surface area contributed by atoms with Crippen LogP contribution >= 0.6 is 0 Å². The second kappa shape index (κ2) is 11.2. The van der Waals surface area contributed by atoms with Crippen molar-refractivity contribution in [2.75, 3.05) is 27.2 Å². The Labute approximate surface area is 208 Å². The first kappa shape index (κ1) is 26.7. The van der Waals surface area contributed by atoms with Gasteiger partial charge in [-0.2, -0.15) is 0 Å². The van der Waals surface area contributed by atoms with Crippen molar-refractivity contribution in [1.29, 1.82) is 0 Å². The Morgan fingerprint density at radius 3 is 2.54 bits per heavy atom. The van der Waals surface area contributed by atoms with Gasteiger partial charge in [-0.3, -0.25) is 4.79 Å². The van der Waals surface area contributed by atoms with Crippen LogP contribution in [0.5, 0.6) is 5.75 Å². The van der Waals surface area contributed by atoms with Gasteiger partial charge in [-0.25, -0.2) is 15.6 Å². The number of carbonyl (C=O) groups excluding carboxylic acids is 1. The molecular weight excluding hydrogens is 449 g/mol. The highest BCUT2D eigenvalue weighted by Crippen LogP contribution is 2.41. The highest BCUT2D eigenvalue weighted by Gasteiger charge is 2.39. The third kappa shape index (κ3) is 6.59. The molecule has 1 aromatic rings. The van der Waals surface area contributed by atoms with E-state index in [-0.39, 0.29) is 24.8 Å². The number of carboxylic acid groups (broad SMARTS) is 1. The first-order chi connectivity index (χ1) is 16.5. The first-order valence-electron chi connectivity index (χ1n) is 12.0. The van der Waals surface area contributed by atoms with E-state index >= 15 is 0 Å². The summed E-state index contributed by atoms with van der Waals surface area (Å²) in [5.41, 5.74) is 8.10. The lowest BCUT2D eigenvalue weighted by Crippen LogP contribution is -2.37. The Balaban J connectivity index is 1.67. The van der Waals surface area contributed by atoms with Gasteiger partial charge in [-0.1, -0.05) is 6.42 Å². The maximum atomic E-state index is 12.4. The zero-order chi connectivity index (χ0) is 25.8. The Kier molecular flexibility index (Phi) is 8.53. The van der Waals surface area contributed by atoms with Crippen LogP contribution in [0.2, 0.25) is 5.31 Å². The second-order valence-corrected chi connectivity index (χ2v) is 9.78. The number of carbonyl (C=O) groups is 2. The van der Waals surface area contributed by atoms with Gasteiger partial charge in [-0.05, 0) is 63.5 Å². The molecule has 2 fully saturated rings. The number of rotatable bonds is 9. The number of pyridine rings is 1. The normalized spacial score (nSPS) is 23.0. The van der Waals surface area contributed by atoms with Crippen LogP contribution in [-0.2, 0) is 9.53 Å². The molecule has 10 nitrogen and oxygen atoms in total. The van der Waals surface area contributed by atoms with Crippen LogP contribution < -0.4 is 16.3 Å². The Bertz CT molecular complexity index is 968.